The van der Waals surface area contributed by atoms with Crippen LogP contribution < -0.4 is 0 Å². The average molecular weight is 429 g/mol. The molecule has 2 heteroatoms. The molecule has 4 unspecified atom stereocenters. The van der Waals surface area contributed by atoms with E-state index < -0.39 is 0 Å². The van der Waals surface area contributed by atoms with Crippen LogP contribution in [0.25, 0.3) is 5.32 Å². The third kappa shape index (κ3) is 8.81. The van der Waals surface area contributed by atoms with Gasteiger partial charge in [-0.25, -0.2) is 0 Å². The van der Waals surface area contributed by atoms with Crippen molar-refractivity contribution in [2.24, 2.45) is 23.7 Å². The van der Waals surface area contributed by atoms with E-state index in [9.17, 15) is 0 Å². The van der Waals surface area contributed by atoms with Gasteiger partial charge in [-0.15, -0.1) is 12.1 Å². The monoisotopic (exact) mass is 429 g/mol. The standard InChI is InChI=1S/2C9H12.C6H14N.Y/c2*1-2-5-9-7-3-6-8(9)4-1;1-5(2)7-6(3)4;/h2*1-2,4-5,8-9H,3,6-7H2;5-6H,1-4H3;/q;;-1;+3. The maximum Gasteiger partial charge on any atom is 3.00 e. The Labute approximate surface area is 187 Å². The van der Waals surface area contributed by atoms with Gasteiger partial charge in [-0.1, -0.05) is 89.1 Å². The first-order valence-electron chi connectivity index (χ1n) is 10.5. The Morgan fingerprint density at radius 2 is 0.846 bits per heavy atom. The van der Waals surface area contributed by atoms with E-state index in [-0.39, 0.29) is 32.7 Å². The van der Waals surface area contributed by atoms with Gasteiger partial charge in [-0.3, -0.25) is 0 Å². The van der Waals surface area contributed by atoms with Crippen LogP contribution in [0.4, 0.5) is 0 Å². The van der Waals surface area contributed by atoms with Gasteiger partial charge in [0.25, 0.3) is 0 Å². The molecule has 140 valence electrons. The fraction of sp³-hybridized carbons (Fsp3) is 0.667. The molecule has 0 radical (unpaired) electrons. The summed E-state index contributed by atoms with van der Waals surface area (Å²) in [5.74, 6) is 3.59. The molecule has 0 aromatic carbocycles. The van der Waals surface area contributed by atoms with Crippen LogP contribution in [0.2, 0.25) is 0 Å². The Hall–Kier alpha value is 0.0239. The minimum Gasteiger partial charge on any atom is -0.658 e. The number of rotatable bonds is 2. The fourth-order valence-corrected chi connectivity index (χ4v) is 4.41. The van der Waals surface area contributed by atoms with Crippen LogP contribution >= 0.6 is 0 Å². The maximum atomic E-state index is 4.28. The van der Waals surface area contributed by atoms with E-state index in [1.807, 2.05) is 0 Å². The SMILES string of the molecule is C1=CC2CCCC2C=C1.C1=CC2CCCC2C=C1.CC(C)[N-]C(C)C.[Y+3]. The van der Waals surface area contributed by atoms with Gasteiger partial charge in [0.2, 0.25) is 0 Å². The molecule has 4 aliphatic rings. The second-order valence-corrected chi connectivity index (χ2v) is 8.39. The topological polar surface area (TPSA) is 14.1 Å². The van der Waals surface area contributed by atoms with E-state index in [0.717, 1.165) is 23.7 Å². The summed E-state index contributed by atoms with van der Waals surface area (Å²) in [5, 5.41) is 4.28. The van der Waals surface area contributed by atoms with Crippen LogP contribution in [0.5, 0.6) is 0 Å². The molecule has 26 heavy (non-hydrogen) atoms. The van der Waals surface area contributed by atoms with Gasteiger partial charge in [0, 0.05) is 0 Å². The van der Waals surface area contributed by atoms with E-state index in [4.69, 9.17) is 0 Å². The predicted octanol–water partition coefficient (Wildman–Crippen LogP) is 7.23. The molecule has 0 spiro atoms. The van der Waals surface area contributed by atoms with Crippen molar-refractivity contribution in [3.05, 3.63) is 53.9 Å². The molecule has 4 rings (SSSR count). The smallest absolute Gasteiger partial charge is 0.658 e. The summed E-state index contributed by atoms with van der Waals surface area (Å²) >= 11 is 0. The third-order valence-corrected chi connectivity index (χ3v) is 5.50. The first-order chi connectivity index (χ1) is 12.1. The molecule has 0 heterocycles. The van der Waals surface area contributed by atoms with E-state index in [1.54, 1.807) is 0 Å². The molecule has 2 fully saturated rings. The largest absolute Gasteiger partial charge is 3.00 e. The summed E-state index contributed by atoms with van der Waals surface area (Å²) < 4.78 is 0. The Bertz CT molecular complexity index is 406. The van der Waals surface area contributed by atoms with Crippen LogP contribution in [-0.2, 0) is 32.7 Å². The Morgan fingerprint density at radius 3 is 1.04 bits per heavy atom. The normalized spacial score (nSPS) is 30.1. The molecule has 1 nitrogen and oxygen atoms in total. The molecular formula is C24H38NY+2. The van der Waals surface area contributed by atoms with Gasteiger partial charge >= 0.3 is 32.7 Å². The van der Waals surface area contributed by atoms with Crippen molar-refractivity contribution in [3.63, 3.8) is 0 Å². The Morgan fingerprint density at radius 1 is 0.577 bits per heavy atom. The summed E-state index contributed by atoms with van der Waals surface area (Å²) in [4.78, 5) is 0. The quantitative estimate of drug-likeness (QED) is 0.440. The number of allylic oxidation sites excluding steroid dienone is 8. The van der Waals surface area contributed by atoms with E-state index in [1.165, 1.54) is 38.5 Å². The van der Waals surface area contributed by atoms with Crippen molar-refractivity contribution in [2.45, 2.75) is 78.3 Å². The molecule has 2 saturated carbocycles. The van der Waals surface area contributed by atoms with Crippen molar-refractivity contribution < 1.29 is 32.7 Å². The maximum absolute atomic E-state index is 4.28. The molecule has 0 aliphatic heterocycles. The molecular weight excluding hydrogens is 391 g/mol. The molecule has 0 amide bonds. The number of hydrogen-bond donors (Lipinski definition) is 0. The zero-order valence-corrected chi connectivity index (χ0v) is 20.2. The van der Waals surface area contributed by atoms with E-state index >= 15 is 0 Å². The molecule has 0 aromatic heterocycles. The minimum absolute atomic E-state index is 0. The Kier molecular flexibility index (Phi) is 12.3. The molecule has 0 bridgehead atoms. The zero-order valence-electron chi connectivity index (χ0n) is 17.4. The van der Waals surface area contributed by atoms with E-state index in [2.05, 4.69) is 81.6 Å². The van der Waals surface area contributed by atoms with Crippen molar-refractivity contribution >= 4 is 0 Å². The van der Waals surface area contributed by atoms with Gasteiger partial charge in [-0.2, -0.15) is 0 Å². The van der Waals surface area contributed by atoms with Gasteiger partial charge < -0.3 is 5.32 Å². The van der Waals surface area contributed by atoms with Gasteiger partial charge in [-0.05, 0) is 49.4 Å². The van der Waals surface area contributed by atoms with E-state index in [0.29, 0.717) is 12.1 Å². The first kappa shape index (κ1) is 24.1. The van der Waals surface area contributed by atoms with Crippen molar-refractivity contribution in [3.8, 4) is 0 Å². The predicted molar refractivity (Wildman–Crippen MR) is 112 cm³/mol. The van der Waals surface area contributed by atoms with Crippen LogP contribution in [0, 0.1) is 23.7 Å². The minimum atomic E-state index is 0. The Balaban J connectivity index is 0.000000194. The van der Waals surface area contributed by atoms with Gasteiger partial charge in [0.1, 0.15) is 0 Å². The number of hydrogen-bond acceptors (Lipinski definition) is 0. The molecule has 0 saturated heterocycles. The molecule has 0 N–H and O–H groups in total. The van der Waals surface area contributed by atoms with Crippen LogP contribution in [0.15, 0.2) is 48.6 Å². The van der Waals surface area contributed by atoms with Crippen LogP contribution in [0.1, 0.15) is 66.2 Å². The molecule has 4 atom stereocenters. The third-order valence-electron chi connectivity index (χ3n) is 5.50. The summed E-state index contributed by atoms with van der Waals surface area (Å²) in [5.41, 5.74) is 0. The summed E-state index contributed by atoms with van der Waals surface area (Å²) in [6, 6.07) is 1.000. The average Bonchev–Trinajstić information content (AvgIpc) is 3.23. The van der Waals surface area contributed by atoms with Crippen LogP contribution in [0.3, 0.4) is 0 Å². The molecule has 4 aliphatic carbocycles. The van der Waals surface area contributed by atoms with Crippen molar-refractivity contribution in [2.75, 3.05) is 0 Å². The fourth-order valence-electron chi connectivity index (χ4n) is 4.41. The van der Waals surface area contributed by atoms with Crippen LogP contribution in [-0.4, -0.2) is 12.1 Å². The second-order valence-electron chi connectivity index (χ2n) is 8.39. The summed E-state index contributed by atoms with van der Waals surface area (Å²) in [7, 11) is 0. The first-order valence-corrected chi connectivity index (χ1v) is 10.5. The summed E-state index contributed by atoms with van der Waals surface area (Å²) in [6.45, 7) is 8.39. The van der Waals surface area contributed by atoms with Gasteiger partial charge in [0.05, 0.1) is 0 Å². The summed E-state index contributed by atoms with van der Waals surface area (Å²) in [6.07, 6.45) is 26.7. The number of fused-ring (bicyclic) bond motifs is 2. The zero-order chi connectivity index (χ0) is 18.1. The van der Waals surface area contributed by atoms with Crippen molar-refractivity contribution in [1.82, 2.24) is 0 Å². The number of nitrogens with zero attached hydrogens (tertiary/aromatic N) is 1. The molecule has 0 aromatic rings. The van der Waals surface area contributed by atoms with Crippen molar-refractivity contribution in [1.29, 1.82) is 0 Å². The van der Waals surface area contributed by atoms with Gasteiger partial charge in [0.15, 0.2) is 0 Å². The second kappa shape index (κ2) is 13.2.